The lowest BCUT2D eigenvalue weighted by Crippen LogP contribution is -2.45. The number of benzene rings is 2. The Labute approximate surface area is 177 Å². The van der Waals surface area contributed by atoms with Crippen LogP contribution in [-0.2, 0) is 16.0 Å². The molecule has 1 N–H and O–H groups in total. The third-order valence-corrected chi connectivity index (χ3v) is 5.77. The van der Waals surface area contributed by atoms with Crippen molar-refractivity contribution in [1.82, 2.24) is 5.32 Å². The summed E-state index contributed by atoms with van der Waals surface area (Å²) in [4.78, 5) is 26.5. The first-order chi connectivity index (χ1) is 14.3. The molecule has 1 aliphatic heterocycles. The minimum atomic E-state index is -0.433. The summed E-state index contributed by atoms with van der Waals surface area (Å²) in [5, 5.41) is 3.01. The van der Waals surface area contributed by atoms with E-state index in [2.05, 4.69) is 47.8 Å². The van der Waals surface area contributed by atoms with Crippen molar-refractivity contribution in [1.29, 1.82) is 0 Å². The lowest BCUT2D eigenvalue weighted by molar-refractivity contribution is -0.117. The predicted octanol–water partition coefficient (Wildman–Crippen LogP) is 5.24. The van der Waals surface area contributed by atoms with E-state index in [1.165, 1.54) is 11.1 Å². The van der Waals surface area contributed by atoms with Gasteiger partial charge < -0.3 is 15.0 Å². The van der Waals surface area contributed by atoms with Gasteiger partial charge in [0, 0.05) is 18.7 Å². The maximum Gasteiger partial charge on any atom is 0.407 e. The quantitative estimate of drug-likeness (QED) is 0.761. The fourth-order valence-electron chi connectivity index (χ4n) is 4.48. The van der Waals surface area contributed by atoms with Gasteiger partial charge in [0.15, 0.2) is 0 Å². The number of hydrogen-bond acceptors (Lipinski definition) is 3. The Bertz CT molecular complexity index is 1030. The van der Waals surface area contributed by atoms with E-state index in [1.807, 2.05) is 31.7 Å². The zero-order chi connectivity index (χ0) is 21.4. The molecule has 2 atom stereocenters. The maximum absolute atomic E-state index is 12.3. The zero-order valence-electron chi connectivity index (χ0n) is 17.9. The molecule has 5 heteroatoms. The van der Waals surface area contributed by atoms with Crippen LogP contribution in [0.4, 0.5) is 10.5 Å². The monoisotopic (exact) mass is 404 g/mol. The molecule has 0 saturated carbocycles. The summed E-state index contributed by atoms with van der Waals surface area (Å²) in [5.41, 5.74) is 6.57. The van der Waals surface area contributed by atoms with Crippen molar-refractivity contribution in [2.24, 2.45) is 0 Å². The molecule has 0 unspecified atom stereocenters. The van der Waals surface area contributed by atoms with E-state index in [-0.39, 0.29) is 24.1 Å². The van der Waals surface area contributed by atoms with Gasteiger partial charge in [-0.2, -0.15) is 0 Å². The van der Waals surface area contributed by atoms with Gasteiger partial charge in [-0.25, -0.2) is 4.79 Å². The molecule has 4 rings (SSSR count). The molecule has 1 aliphatic carbocycles. The molecule has 30 heavy (non-hydrogen) atoms. The van der Waals surface area contributed by atoms with Crippen molar-refractivity contribution >= 4 is 23.8 Å². The Morgan fingerprint density at radius 3 is 2.60 bits per heavy atom. The standard InChI is InChI=1S/C25H28N2O3/c1-15(2)30-25(29)26-23-12-16(3)27(17(4)28)24-11-10-21(14-22(23)24)20-9-8-18-6-5-7-19(18)13-20/h5,7-11,13-16,23H,6,12H2,1-4H3,(H,26,29)/t16-,23+/m0/s1. The summed E-state index contributed by atoms with van der Waals surface area (Å²) in [6.45, 7) is 7.25. The molecular weight excluding hydrogens is 376 g/mol. The molecule has 2 aromatic rings. The van der Waals surface area contributed by atoms with Crippen molar-refractivity contribution in [2.75, 3.05) is 4.90 Å². The first kappa shape index (κ1) is 20.2. The second-order valence-electron chi connectivity index (χ2n) is 8.42. The fraction of sp³-hybridized carbons (Fsp3) is 0.360. The van der Waals surface area contributed by atoms with Crippen molar-refractivity contribution in [2.45, 2.75) is 58.7 Å². The van der Waals surface area contributed by atoms with Gasteiger partial charge >= 0.3 is 6.09 Å². The number of hydrogen-bond donors (Lipinski definition) is 1. The molecule has 2 aliphatic rings. The number of allylic oxidation sites excluding steroid dienone is 1. The average Bonchev–Trinajstić information content (AvgIpc) is 3.14. The first-order valence-corrected chi connectivity index (χ1v) is 10.5. The van der Waals surface area contributed by atoms with Crippen LogP contribution in [0, 0.1) is 0 Å². The molecule has 1 heterocycles. The number of nitrogens with one attached hydrogen (secondary N) is 1. The van der Waals surface area contributed by atoms with Crippen LogP contribution < -0.4 is 10.2 Å². The maximum atomic E-state index is 12.3. The molecule has 0 bridgehead atoms. The van der Waals surface area contributed by atoms with Gasteiger partial charge in [-0.05, 0) is 79.6 Å². The summed E-state index contributed by atoms with van der Waals surface area (Å²) < 4.78 is 5.30. The molecule has 0 saturated heterocycles. The highest BCUT2D eigenvalue weighted by molar-refractivity contribution is 5.94. The molecule has 2 aromatic carbocycles. The summed E-state index contributed by atoms with van der Waals surface area (Å²) >= 11 is 0. The van der Waals surface area contributed by atoms with Crippen LogP contribution in [-0.4, -0.2) is 24.1 Å². The second-order valence-corrected chi connectivity index (χ2v) is 8.42. The summed E-state index contributed by atoms with van der Waals surface area (Å²) in [6, 6.07) is 12.4. The fourth-order valence-corrected chi connectivity index (χ4v) is 4.48. The predicted molar refractivity (Wildman–Crippen MR) is 119 cm³/mol. The number of carbonyl (C=O) groups excluding carboxylic acids is 2. The number of ether oxygens (including phenoxy) is 1. The second kappa shape index (κ2) is 7.98. The molecule has 5 nitrogen and oxygen atoms in total. The van der Waals surface area contributed by atoms with E-state index in [1.54, 1.807) is 6.92 Å². The van der Waals surface area contributed by atoms with Crippen LogP contribution in [0.25, 0.3) is 17.2 Å². The Morgan fingerprint density at radius 2 is 1.87 bits per heavy atom. The Hall–Kier alpha value is -3.08. The topological polar surface area (TPSA) is 58.6 Å². The van der Waals surface area contributed by atoms with Crippen molar-refractivity contribution in [3.8, 4) is 11.1 Å². The number of alkyl carbamates (subject to hydrolysis) is 1. The van der Waals surface area contributed by atoms with E-state index >= 15 is 0 Å². The largest absolute Gasteiger partial charge is 0.447 e. The van der Waals surface area contributed by atoms with Crippen molar-refractivity contribution in [3.63, 3.8) is 0 Å². The van der Waals surface area contributed by atoms with Crippen molar-refractivity contribution < 1.29 is 14.3 Å². The molecule has 0 fully saturated rings. The molecule has 2 amide bonds. The SMILES string of the molecule is CC(=O)N1c2ccc(-c3ccc4c(c3)C=CC4)cc2[C@H](NC(=O)OC(C)C)C[C@@H]1C. The van der Waals surface area contributed by atoms with Crippen LogP contribution in [0.1, 0.15) is 56.8 Å². The van der Waals surface area contributed by atoms with Crippen LogP contribution in [0.15, 0.2) is 42.5 Å². The molecule has 0 aromatic heterocycles. The number of anilines is 1. The van der Waals surface area contributed by atoms with Gasteiger partial charge in [-0.3, -0.25) is 4.79 Å². The Kier molecular flexibility index (Phi) is 5.37. The molecule has 156 valence electrons. The highest BCUT2D eigenvalue weighted by Crippen LogP contribution is 2.40. The Morgan fingerprint density at radius 1 is 1.13 bits per heavy atom. The van der Waals surface area contributed by atoms with Gasteiger partial charge in [-0.1, -0.05) is 30.4 Å². The molecular formula is C25H28N2O3. The number of carbonyl (C=O) groups is 2. The van der Waals surface area contributed by atoms with Gasteiger partial charge in [0.05, 0.1) is 12.1 Å². The third-order valence-electron chi connectivity index (χ3n) is 5.77. The van der Waals surface area contributed by atoms with Gasteiger partial charge in [0.25, 0.3) is 0 Å². The van der Waals surface area contributed by atoms with E-state index < -0.39 is 6.09 Å². The minimum Gasteiger partial charge on any atom is -0.447 e. The van der Waals surface area contributed by atoms with E-state index in [4.69, 9.17) is 4.74 Å². The summed E-state index contributed by atoms with van der Waals surface area (Å²) in [5.74, 6) is 0.00220. The minimum absolute atomic E-state index is 0.00220. The van der Waals surface area contributed by atoms with E-state index in [9.17, 15) is 9.59 Å². The lowest BCUT2D eigenvalue weighted by atomic mass is 9.88. The lowest BCUT2D eigenvalue weighted by Gasteiger charge is -2.39. The average molecular weight is 405 g/mol. The number of fused-ring (bicyclic) bond motifs is 2. The van der Waals surface area contributed by atoms with Gasteiger partial charge in [0.2, 0.25) is 5.91 Å². The highest BCUT2D eigenvalue weighted by Gasteiger charge is 2.33. The molecule has 0 spiro atoms. The van der Waals surface area contributed by atoms with Gasteiger partial charge in [0.1, 0.15) is 0 Å². The summed E-state index contributed by atoms with van der Waals surface area (Å²) in [6.07, 6.45) is 5.32. The summed E-state index contributed by atoms with van der Waals surface area (Å²) in [7, 11) is 0. The van der Waals surface area contributed by atoms with Crippen LogP contribution >= 0.6 is 0 Å². The van der Waals surface area contributed by atoms with Gasteiger partial charge in [-0.15, -0.1) is 0 Å². The normalized spacial score (nSPS) is 19.4. The van der Waals surface area contributed by atoms with Crippen LogP contribution in [0.5, 0.6) is 0 Å². The van der Waals surface area contributed by atoms with Crippen molar-refractivity contribution in [3.05, 3.63) is 59.2 Å². The van der Waals surface area contributed by atoms with Crippen LogP contribution in [0.2, 0.25) is 0 Å². The Balaban J connectivity index is 1.74. The zero-order valence-corrected chi connectivity index (χ0v) is 17.9. The highest BCUT2D eigenvalue weighted by atomic mass is 16.6. The first-order valence-electron chi connectivity index (χ1n) is 10.5. The third kappa shape index (κ3) is 3.84. The number of amides is 2. The van der Waals surface area contributed by atoms with Crippen LogP contribution in [0.3, 0.4) is 0 Å². The molecule has 0 radical (unpaired) electrons. The smallest absolute Gasteiger partial charge is 0.407 e. The number of nitrogens with zero attached hydrogens (tertiary/aromatic N) is 1. The van der Waals surface area contributed by atoms with E-state index in [0.29, 0.717) is 6.42 Å². The number of rotatable bonds is 3. The van der Waals surface area contributed by atoms with E-state index in [0.717, 1.165) is 28.8 Å².